The van der Waals surface area contributed by atoms with Crippen LogP contribution in [0.15, 0.2) is 48.5 Å². The third-order valence-corrected chi connectivity index (χ3v) is 3.64. The fourth-order valence-electron chi connectivity index (χ4n) is 2.20. The second kappa shape index (κ2) is 8.57. The Morgan fingerprint density at radius 1 is 0.818 bits per heavy atom. The summed E-state index contributed by atoms with van der Waals surface area (Å²) in [7, 11) is 4.08. The molecule has 0 aliphatic heterocycles. The van der Waals surface area contributed by atoms with Crippen molar-refractivity contribution in [3.63, 3.8) is 0 Å². The molecule has 0 saturated carbocycles. The molecule has 3 nitrogen and oxygen atoms in total. The number of benzene rings is 2. The number of aryl methyl sites for hydroxylation is 2. The van der Waals surface area contributed by atoms with Gasteiger partial charge < -0.3 is 14.7 Å². The van der Waals surface area contributed by atoms with Gasteiger partial charge in [0, 0.05) is 6.54 Å². The van der Waals surface area contributed by atoms with E-state index in [1.807, 2.05) is 38.4 Å². The van der Waals surface area contributed by atoms with Crippen LogP contribution in [0.2, 0.25) is 0 Å². The van der Waals surface area contributed by atoms with Gasteiger partial charge in [0.2, 0.25) is 0 Å². The average molecular weight is 299 g/mol. The molecule has 22 heavy (non-hydrogen) atoms. The van der Waals surface area contributed by atoms with Gasteiger partial charge in [0.25, 0.3) is 0 Å². The number of hydrogen-bond acceptors (Lipinski definition) is 3. The molecule has 0 fully saturated rings. The summed E-state index contributed by atoms with van der Waals surface area (Å²) in [5, 5.41) is 9.04. The monoisotopic (exact) mass is 299 g/mol. The van der Waals surface area contributed by atoms with Crippen molar-refractivity contribution in [2.75, 3.05) is 27.2 Å². The first kappa shape index (κ1) is 16.5. The Bertz CT molecular complexity index is 547. The molecule has 3 heteroatoms. The van der Waals surface area contributed by atoms with Crippen LogP contribution >= 0.6 is 0 Å². The first-order valence-corrected chi connectivity index (χ1v) is 7.72. The van der Waals surface area contributed by atoms with E-state index in [-0.39, 0.29) is 6.61 Å². The normalized spacial score (nSPS) is 10.9. The van der Waals surface area contributed by atoms with Crippen LogP contribution in [0, 0.1) is 0 Å². The highest BCUT2D eigenvalue weighted by Gasteiger charge is 1.99. The maximum atomic E-state index is 9.04. The smallest absolute Gasteiger partial charge is 0.119 e. The SMILES string of the molecule is CN(C)CCOc1ccc(CCc2ccc(CO)cc2)cc1. The molecular weight excluding hydrogens is 274 g/mol. The van der Waals surface area contributed by atoms with Gasteiger partial charge in [0.05, 0.1) is 6.61 Å². The van der Waals surface area contributed by atoms with Gasteiger partial charge >= 0.3 is 0 Å². The van der Waals surface area contributed by atoms with E-state index in [0.29, 0.717) is 6.61 Å². The van der Waals surface area contributed by atoms with E-state index in [9.17, 15) is 0 Å². The van der Waals surface area contributed by atoms with Gasteiger partial charge in [-0.15, -0.1) is 0 Å². The topological polar surface area (TPSA) is 32.7 Å². The summed E-state index contributed by atoms with van der Waals surface area (Å²) in [4.78, 5) is 2.11. The summed E-state index contributed by atoms with van der Waals surface area (Å²) in [6.07, 6.45) is 2.02. The van der Waals surface area contributed by atoms with E-state index in [1.54, 1.807) is 0 Å². The second-order valence-electron chi connectivity index (χ2n) is 5.77. The summed E-state index contributed by atoms with van der Waals surface area (Å²) in [5.74, 6) is 0.929. The van der Waals surface area contributed by atoms with Gasteiger partial charge in [0.15, 0.2) is 0 Å². The van der Waals surface area contributed by atoms with Gasteiger partial charge in [-0.1, -0.05) is 36.4 Å². The van der Waals surface area contributed by atoms with Gasteiger partial charge in [-0.05, 0) is 55.8 Å². The molecule has 0 heterocycles. The maximum Gasteiger partial charge on any atom is 0.119 e. The molecule has 1 N–H and O–H groups in total. The van der Waals surface area contributed by atoms with Crippen LogP contribution in [0.3, 0.4) is 0 Å². The summed E-state index contributed by atoms with van der Waals surface area (Å²) in [6, 6.07) is 16.5. The highest BCUT2D eigenvalue weighted by molar-refractivity contribution is 5.29. The lowest BCUT2D eigenvalue weighted by Gasteiger charge is -2.11. The van der Waals surface area contributed by atoms with Crippen LogP contribution in [0.25, 0.3) is 0 Å². The second-order valence-corrected chi connectivity index (χ2v) is 5.77. The van der Waals surface area contributed by atoms with Crippen molar-refractivity contribution in [3.05, 3.63) is 65.2 Å². The Hall–Kier alpha value is -1.84. The van der Waals surface area contributed by atoms with Crippen LogP contribution in [0.5, 0.6) is 5.75 Å². The molecule has 0 aliphatic carbocycles. The number of aliphatic hydroxyl groups excluding tert-OH is 1. The van der Waals surface area contributed by atoms with Crippen LogP contribution < -0.4 is 4.74 Å². The molecule has 0 atom stereocenters. The van der Waals surface area contributed by atoms with Crippen LogP contribution in [0.1, 0.15) is 16.7 Å². The number of ether oxygens (including phenoxy) is 1. The highest BCUT2D eigenvalue weighted by atomic mass is 16.5. The van der Waals surface area contributed by atoms with E-state index in [0.717, 1.165) is 30.7 Å². The van der Waals surface area contributed by atoms with Gasteiger partial charge in [-0.2, -0.15) is 0 Å². The van der Waals surface area contributed by atoms with Crippen molar-refractivity contribution in [1.29, 1.82) is 0 Å². The quantitative estimate of drug-likeness (QED) is 0.813. The lowest BCUT2D eigenvalue weighted by molar-refractivity contribution is 0.261. The van der Waals surface area contributed by atoms with Crippen molar-refractivity contribution in [3.8, 4) is 5.75 Å². The fraction of sp³-hybridized carbons (Fsp3) is 0.368. The number of hydrogen-bond donors (Lipinski definition) is 1. The van der Waals surface area contributed by atoms with Crippen molar-refractivity contribution in [2.24, 2.45) is 0 Å². The molecule has 0 aromatic heterocycles. The van der Waals surface area contributed by atoms with Gasteiger partial charge in [-0.3, -0.25) is 0 Å². The molecule has 0 saturated heterocycles. The number of likely N-dealkylation sites (N-methyl/N-ethyl adjacent to an activating group) is 1. The first-order chi connectivity index (χ1) is 10.7. The molecule has 0 spiro atoms. The molecule has 0 amide bonds. The molecule has 2 rings (SSSR count). The molecule has 0 radical (unpaired) electrons. The molecule has 2 aromatic rings. The van der Waals surface area contributed by atoms with Crippen molar-refractivity contribution < 1.29 is 9.84 Å². The predicted octanol–water partition coefficient (Wildman–Crippen LogP) is 2.90. The lowest BCUT2D eigenvalue weighted by atomic mass is 10.0. The van der Waals surface area contributed by atoms with E-state index in [1.165, 1.54) is 11.1 Å². The highest BCUT2D eigenvalue weighted by Crippen LogP contribution is 2.14. The lowest BCUT2D eigenvalue weighted by Crippen LogP contribution is -2.19. The number of nitrogens with zero attached hydrogens (tertiary/aromatic N) is 1. The van der Waals surface area contributed by atoms with E-state index in [2.05, 4.69) is 29.2 Å². The summed E-state index contributed by atoms with van der Waals surface area (Å²) in [5.41, 5.74) is 3.57. The minimum Gasteiger partial charge on any atom is -0.492 e. The first-order valence-electron chi connectivity index (χ1n) is 7.72. The van der Waals surface area contributed by atoms with E-state index >= 15 is 0 Å². The molecule has 0 bridgehead atoms. The van der Waals surface area contributed by atoms with Crippen LogP contribution in [0.4, 0.5) is 0 Å². The Morgan fingerprint density at radius 3 is 1.82 bits per heavy atom. The van der Waals surface area contributed by atoms with Crippen LogP contribution in [-0.4, -0.2) is 37.3 Å². The Balaban J connectivity index is 1.80. The molecule has 0 aliphatic rings. The largest absolute Gasteiger partial charge is 0.492 e. The van der Waals surface area contributed by atoms with Crippen molar-refractivity contribution in [2.45, 2.75) is 19.4 Å². The predicted molar refractivity (Wildman–Crippen MR) is 90.3 cm³/mol. The zero-order chi connectivity index (χ0) is 15.8. The minimum absolute atomic E-state index is 0.107. The molecular formula is C19H25NO2. The summed E-state index contributed by atoms with van der Waals surface area (Å²) >= 11 is 0. The molecule has 118 valence electrons. The van der Waals surface area contributed by atoms with E-state index < -0.39 is 0 Å². The Labute approximate surface area is 133 Å². The number of rotatable bonds is 8. The average Bonchev–Trinajstić information content (AvgIpc) is 2.54. The van der Waals surface area contributed by atoms with Gasteiger partial charge in [-0.25, -0.2) is 0 Å². The minimum atomic E-state index is 0.107. The van der Waals surface area contributed by atoms with Crippen molar-refractivity contribution in [1.82, 2.24) is 4.90 Å². The Kier molecular flexibility index (Phi) is 6.44. The fourth-order valence-corrected chi connectivity index (χ4v) is 2.20. The molecule has 2 aromatic carbocycles. The summed E-state index contributed by atoms with van der Waals surface area (Å²) in [6.45, 7) is 1.74. The van der Waals surface area contributed by atoms with Crippen LogP contribution in [-0.2, 0) is 19.4 Å². The molecule has 0 unspecified atom stereocenters. The third-order valence-electron chi connectivity index (χ3n) is 3.64. The van der Waals surface area contributed by atoms with Gasteiger partial charge in [0.1, 0.15) is 12.4 Å². The standard InChI is InChI=1S/C19H25NO2/c1-20(2)13-14-22-19-11-9-17(10-12-19)4-3-16-5-7-18(15-21)8-6-16/h5-12,21H,3-4,13-15H2,1-2H3. The zero-order valence-corrected chi connectivity index (χ0v) is 13.5. The van der Waals surface area contributed by atoms with Crippen molar-refractivity contribution >= 4 is 0 Å². The number of aliphatic hydroxyl groups is 1. The summed E-state index contributed by atoms with van der Waals surface area (Å²) < 4.78 is 5.69. The zero-order valence-electron chi connectivity index (χ0n) is 13.5. The Morgan fingerprint density at radius 2 is 1.32 bits per heavy atom. The maximum absolute atomic E-state index is 9.04. The van der Waals surface area contributed by atoms with E-state index in [4.69, 9.17) is 9.84 Å². The third kappa shape index (κ3) is 5.51.